The molecule has 0 unspecified atom stereocenters. The van der Waals surface area contributed by atoms with Crippen LogP contribution in [-0.4, -0.2) is 44.5 Å². The molecule has 1 aliphatic rings. The lowest BCUT2D eigenvalue weighted by Gasteiger charge is -2.22. The van der Waals surface area contributed by atoms with E-state index in [0.29, 0.717) is 41.6 Å². The number of fused-ring (bicyclic) bond motifs is 1. The van der Waals surface area contributed by atoms with Crippen LogP contribution in [0, 0.1) is 0 Å². The minimum atomic E-state index is -0.380. The predicted molar refractivity (Wildman–Crippen MR) is 136 cm³/mol. The summed E-state index contributed by atoms with van der Waals surface area (Å²) in [6.07, 6.45) is 9.82. The third kappa shape index (κ3) is 6.15. The van der Waals surface area contributed by atoms with Crippen LogP contribution in [0.2, 0.25) is 0 Å². The number of ether oxygens (including phenoxy) is 1. The zero-order valence-corrected chi connectivity index (χ0v) is 20.5. The van der Waals surface area contributed by atoms with E-state index in [0.717, 1.165) is 12.8 Å². The first-order valence-electron chi connectivity index (χ1n) is 12.6. The van der Waals surface area contributed by atoms with E-state index in [2.05, 4.69) is 44.6 Å². The van der Waals surface area contributed by atoms with Crippen molar-refractivity contribution >= 4 is 34.8 Å². The molecule has 0 radical (unpaired) electrons. The van der Waals surface area contributed by atoms with Crippen LogP contribution < -0.4 is 10.6 Å². The van der Waals surface area contributed by atoms with Crippen LogP contribution in [0.15, 0.2) is 30.6 Å². The summed E-state index contributed by atoms with van der Waals surface area (Å²) in [6.45, 7) is 4.86. The quantitative estimate of drug-likeness (QED) is 0.315. The second kappa shape index (κ2) is 11.8. The summed E-state index contributed by atoms with van der Waals surface area (Å²) >= 11 is 0. The number of hydrogen-bond donors (Lipinski definition) is 2. The largest absolute Gasteiger partial charge is 0.465 e. The summed E-state index contributed by atoms with van der Waals surface area (Å²) in [7, 11) is 0. The molecule has 1 fully saturated rings. The number of hydrogen-bond acceptors (Lipinski definition) is 7. The molecule has 4 rings (SSSR count). The Morgan fingerprint density at radius 3 is 2.57 bits per heavy atom. The smallest absolute Gasteiger partial charge is 0.326 e. The number of carbonyl (C=O) groups excluding carboxylic acids is 2. The number of unbranched alkanes of at least 4 members (excludes halogenated alkanes) is 1. The van der Waals surface area contributed by atoms with Crippen molar-refractivity contribution in [3.05, 3.63) is 41.7 Å². The van der Waals surface area contributed by atoms with E-state index in [1.54, 1.807) is 11.5 Å². The number of aromatic nitrogens is 4. The maximum Gasteiger partial charge on any atom is 0.326 e. The molecular formula is C26H34N6O3. The van der Waals surface area contributed by atoms with Gasteiger partial charge in [-0.3, -0.25) is 14.9 Å². The number of benzene rings is 1. The SMILES string of the molecule is CCCCNc1nc(NC(=O)c2ccc(C3CCCCC3)cc2)nc2c1ncn2CC(=O)OCC. The number of imidazole rings is 1. The molecule has 1 saturated carbocycles. The van der Waals surface area contributed by atoms with Gasteiger partial charge in [0.15, 0.2) is 17.0 Å². The molecule has 35 heavy (non-hydrogen) atoms. The van der Waals surface area contributed by atoms with Gasteiger partial charge in [-0.15, -0.1) is 0 Å². The molecule has 2 heterocycles. The van der Waals surface area contributed by atoms with Crippen molar-refractivity contribution in [3.63, 3.8) is 0 Å². The van der Waals surface area contributed by atoms with Crippen molar-refractivity contribution in [1.29, 1.82) is 0 Å². The molecule has 1 aliphatic carbocycles. The first kappa shape index (κ1) is 24.6. The van der Waals surface area contributed by atoms with E-state index in [-0.39, 0.29) is 24.4 Å². The molecule has 1 amide bonds. The number of nitrogens with one attached hydrogen (secondary N) is 2. The van der Waals surface area contributed by atoms with Gasteiger partial charge in [0.2, 0.25) is 5.95 Å². The van der Waals surface area contributed by atoms with E-state index in [4.69, 9.17) is 4.74 Å². The maximum atomic E-state index is 13.0. The van der Waals surface area contributed by atoms with Crippen LogP contribution >= 0.6 is 0 Å². The predicted octanol–water partition coefficient (Wildman–Crippen LogP) is 4.90. The molecule has 2 aromatic heterocycles. The fourth-order valence-electron chi connectivity index (χ4n) is 4.48. The van der Waals surface area contributed by atoms with Gasteiger partial charge in [0, 0.05) is 12.1 Å². The Labute approximate surface area is 205 Å². The molecule has 9 nitrogen and oxygen atoms in total. The van der Waals surface area contributed by atoms with Gasteiger partial charge in [0.25, 0.3) is 5.91 Å². The van der Waals surface area contributed by atoms with Crippen LogP contribution in [0.25, 0.3) is 11.2 Å². The number of nitrogens with zero attached hydrogens (tertiary/aromatic N) is 4. The Balaban J connectivity index is 1.55. The van der Waals surface area contributed by atoms with Gasteiger partial charge in [0.05, 0.1) is 12.9 Å². The second-order valence-corrected chi connectivity index (χ2v) is 8.94. The van der Waals surface area contributed by atoms with Gasteiger partial charge in [-0.2, -0.15) is 9.97 Å². The van der Waals surface area contributed by atoms with Crippen LogP contribution in [0.5, 0.6) is 0 Å². The molecule has 9 heteroatoms. The van der Waals surface area contributed by atoms with E-state index >= 15 is 0 Å². The molecule has 0 spiro atoms. The van der Waals surface area contributed by atoms with Crippen molar-refractivity contribution in [1.82, 2.24) is 19.5 Å². The lowest BCUT2D eigenvalue weighted by molar-refractivity contribution is -0.143. The first-order valence-corrected chi connectivity index (χ1v) is 12.6. The summed E-state index contributed by atoms with van der Waals surface area (Å²) in [4.78, 5) is 38.4. The van der Waals surface area contributed by atoms with Gasteiger partial charge in [-0.25, -0.2) is 4.98 Å². The van der Waals surface area contributed by atoms with Crippen molar-refractivity contribution < 1.29 is 14.3 Å². The van der Waals surface area contributed by atoms with Gasteiger partial charge in [-0.05, 0) is 49.8 Å². The Bertz CT molecular complexity index is 1150. The Morgan fingerprint density at radius 1 is 1.09 bits per heavy atom. The van der Waals surface area contributed by atoms with E-state index in [1.165, 1.54) is 44.0 Å². The zero-order valence-electron chi connectivity index (χ0n) is 20.5. The molecule has 1 aromatic carbocycles. The van der Waals surface area contributed by atoms with Crippen molar-refractivity contribution in [3.8, 4) is 0 Å². The minimum Gasteiger partial charge on any atom is -0.465 e. The normalized spacial score (nSPS) is 14.1. The lowest BCUT2D eigenvalue weighted by Crippen LogP contribution is -2.17. The van der Waals surface area contributed by atoms with Gasteiger partial charge in [0.1, 0.15) is 6.54 Å². The maximum absolute atomic E-state index is 13.0. The number of carbonyl (C=O) groups is 2. The minimum absolute atomic E-state index is 0.0221. The highest BCUT2D eigenvalue weighted by molar-refractivity contribution is 6.04. The van der Waals surface area contributed by atoms with Gasteiger partial charge < -0.3 is 14.6 Å². The third-order valence-electron chi connectivity index (χ3n) is 6.37. The highest BCUT2D eigenvalue weighted by atomic mass is 16.5. The average molecular weight is 479 g/mol. The highest BCUT2D eigenvalue weighted by Gasteiger charge is 2.19. The van der Waals surface area contributed by atoms with Crippen LogP contribution in [0.1, 0.15) is 80.6 Å². The fourth-order valence-corrected chi connectivity index (χ4v) is 4.48. The van der Waals surface area contributed by atoms with Crippen LogP contribution in [0.4, 0.5) is 11.8 Å². The van der Waals surface area contributed by atoms with E-state index in [1.807, 2.05) is 12.1 Å². The highest BCUT2D eigenvalue weighted by Crippen LogP contribution is 2.32. The topological polar surface area (TPSA) is 111 Å². The number of esters is 1. The standard InChI is InChI=1S/C26H34N6O3/c1-3-5-15-27-23-22-24(32(17-28-22)16-21(33)35-4-2)30-26(29-23)31-25(34)20-13-11-19(12-14-20)18-9-7-6-8-10-18/h11-14,17-18H,3-10,15-16H2,1-2H3,(H2,27,29,30,31,34). The van der Waals surface area contributed by atoms with Crippen LogP contribution in [-0.2, 0) is 16.1 Å². The molecule has 186 valence electrons. The molecule has 3 aromatic rings. The molecule has 0 bridgehead atoms. The fraction of sp³-hybridized carbons (Fsp3) is 0.500. The Morgan fingerprint density at radius 2 is 1.86 bits per heavy atom. The molecule has 0 atom stereocenters. The number of rotatable bonds is 10. The summed E-state index contributed by atoms with van der Waals surface area (Å²) in [6, 6.07) is 7.84. The average Bonchev–Trinajstić information content (AvgIpc) is 3.27. The summed E-state index contributed by atoms with van der Waals surface area (Å²) in [5.74, 6) is 0.602. The van der Waals surface area contributed by atoms with E-state index < -0.39 is 0 Å². The second-order valence-electron chi connectivity index (χ2n) is 8.94. The molecular weight excluding hydrogens is 444 g/mol. The number of anilines is 2. The Kier molecular flexibility index (Phi) is 8.28. The van der Waals surface area contributed by atoms with Crippen molar-refractivity contribution in [2.24, 2.45) is 0 Å². The van der Waals surface area contributed by atoms with Gasteiger partial charge >= 0.3 is 5.97 Å². The Hall–Kier alpha value is -3.49. The molecule has 2 N–H and O–H groups in total. The monoisotopic (exact) mass is 478 g/mol. The van der Waals surface area contributed by atoms with Crippen molar-refractivity contribution in [2.45, 2.75) is 71.3 Å². The first-order chi connectivity index (χ1) is 17.1. The summed E-state index contributed by atoms with van der Waals surface area (Å²) in [5.41, 5.74) is 2.84. The number of amides is 1. The van der Waals surface area contributed by atoms with E-state index in [9.17, 15) is 9.59 Å². The molecule has 0 aliphatic heterocycles. The molecule has 0 saturated heterocycles. The van der Waals surface area contributed by atoms with Gasteiger partial charge in [-0.1, -0.05) is 44.7 Å². The zero-order chi connectivity index (χ0) is 24.6. The van der Waals surface area contributed by atoms with Crippen molar-refractivity contribution in [2.75, 3.05) is 23.8 Å². The third-order valence-corrected chi connectivity index (χ3v) is 6.37. The summed E-state index contributed by atoms with van der Waals surface area (Å²) in [5, 5.41) is 6.10. The summed E-state index contributed by atoms with van der Waals surface area (Å²) < 4.78 is 6.67. The lowest BCUT2D eigenvalue weighted by atomic mass is 9.84. The van der Waals surface area contributed by atoms with Crippen LogP contribution in [0.3, 0.4) is 0 Å².